The molecule has 1 aromatic heterocycles. The summed E-state index contributed by atoms with van der Waals surface area (Å²) in [6.07, 6.45) is 0. The molecule has 0 bridgehead atoms. The van der Waals surface area contributed by atoms with Crippen molar-refractivity contribution in [2.45, 2.75) is 24.5 Å². The lowest BCUT2D eigenvalue weighted by Crippen LogP contribution is -2.31. The fourth-order valence-corrected chi connectivity index (χ4v) is 3.28. The smallest absolute Gasteiger partial charge is 0.308 e. The highest BCUT2D eigenvalue weighted by Crippen LogP contribution is 2.23. The fourth-order valence-electron chi connectivity index (χ4n) is 1.77. The van der Waals surface area contributed by atoms with E-state index in [0.717, 1.165) is 21.3 Å². The number of thioether (sulfide) groups is 1. The van der Waals surface area contributed by atoms with E-state index in [1.807, 2.05) is 24.4 Å². The molecule has 0 radical (unpaired) electrons. The van der Waals surface area contributed by atoms with Crippen molar-refractivity contribution in [3.63, 3.8) is 0 Å². The van der Waals surface area contributed by atoms with Crippen LogP contribution in [0.4, 0.5) is 0 Å². The highest BCUT2D eigenvalue weighted by Gasteiger charge is 2.13. The van der Waals surface area contributed by atoms with Crippen molar-refractivity contribution in [3.8, 4) is 0 Å². The van der Waals surface area contributed by atoms with Crippen molar-refractivity contribution >= 4 is 35.0 Å². The first-order valence-corrected chi connectivity index (χ1v) is 8.97. The van der Waals surface area contributed by atoms with Crippen LogP contribution in [0.2, 0.25) is 0 Å². The van der Waals surface area contributed by atoms with Crippen LogP contribution in [0.5, 0.6) is 0 Å². The van der Waals surface area contributed by atoms with Crippen LogP contribution < -0.4 is 5.32 Å². The van der Waals surface area contributed by atoms with Crippen LogP contribution in [0.3, 0.4) is 0 Å². The van der Waals surface area contributed by atoms with Gasteiger partial charge in [0.15, 0.2) is 0 Å². The summed E-state index contributed by atoms with van der Waals surface area (Å²) in [7, 11) is 0. The molecule has 0 saturated carbocycles. The van der Waals surface area contributed by atoms with Crippen LogP contribution in [-0.2, 0) is 10.5 Å². The number of aromatic nitrogens is 1. The number of carboxylic acid groups (broad SMARTS) is 1. The number of aryl methyl sites for hydroxylation is 1. The summed E-state index contributed by atoms with van der Waals surface area (Å²) < 4.78 is 0. The number of rotatable bonds is 7. The van der Waals surface area contributed by atoms with Crippen LogP contribution in [0, 0.1) is 12.8 Å². The number of nitrogens with zero attached hydrogens (tertiary/aromatic N) is 1. The molecule has 1 aromatic carbocycles. The quantitative estimate of drug-likeness (QED) is 0.750. The highest BCUT2D eigenvalue weighted by atomic mass is 32.2. The monoisotopic (exact) mass is 350 g/mol. The molecule has 0 aliphatic heterocycles. The summed E-state index contributed by atoms with van der Waals surface area (Å²) in [5.41, 5.74) is 1.58. The summed E-state index contributed by atoms with van der Waals surface area (Å²) in [6.45, 7) is 3.66. The SMILES string of the molecule is Cc1nc(CSc2ccc(C(=O)NCC(C)C(=O)O)cc2)cs1. The lowest BCUT2D eigenvalue weighted by atomic mass is 10.1. The molecular formula is C16H18N2O3S2. The molecule has 1 unspecified atom stereocenters. The third kappa shape index (κ3) is 5.37. The summed E-state index contributed by atoms with van der Waals surface area (Å²) in [4.78, 5) is 28.1. The van der Waals surface area contributed by atoms with Gasteiger partial charge < -0.3 is 10.4 Å². The van der Waals surface area contributed by atoms with E-state index in [4.69, 9.17) is 5.11 Å². The minimum atomic E-state index is -0.922. The molecule has 1 heterocycles. The zero-order valence-electron chi connectivity index (χ0n) is 12.9. The van der Waals surface area contributed by atoms with Gasteiger partial charge in [0, 0.05) is 28.1 Å². The molecule has 5 nitrogen and oxygen atoms in total. The van der Waals surface area contributed by atoms with Gasteiger partial charge in [0.2, 0.25) is 0 Å². The molecule has 0 aliphatic rings. The maximum Gasteiger partial charge on any atom is 0.308 e. The van der Waals surface area contributed by atoms with Crippen LogP contribution >= 0.6 is 23.1 Å². The summed E-state index contributed by atoms with van der Waals surface area (Å²) in [6, 6.07) is 7.27. The largest absolute Gasteiger partial charge is 0.481 e. The molecule has 0 saturated heterocycles. The zero-order valence-corrected chi connectivity index (χ0v) is 14.5. The Labute approximate surface area is 143 Å². The second-order valence-corrected chi connectivity index (χ2v) is 7.23. The lowest BCUT2D eigenvalue weighted by molar-refractivity contribution is -0.140. The molecule has 2 N–H and O–H groups in total. The first-order valence-electron chi connectivity index (χ1n) is 7.10. The number of hydrogen-bond donors (Lipinski definition) is 2. The third-order valence-electron chi connectivity index (χ3n) is 3.16. The van der Waals surface area contributed by atoms with E-state index in [9.17, 15) is 9.59 Å². The molecule has 2 aromatic rings. The predicted molar refractivity (Wildman–Crippen MR) is 92.0 cm³/mol. The minimum absolute atomic E-state index is 0.119. The highest BCUT2D eigenvalue weighted by molar-refractivity contribution is 7.98. The number of carbonyl (C=O) groups excluding carboxylic acids is 1. The van der Waals surface area contributed by atoms with Gasteiger partial charge in [-0.25, -0.2) is 4.98 Å². The van der Waals surface area contributed by atoms with Gasteiger partial charge in [-0.1, -0.05) is 6.92 Å². The summed E-state index contributed by atoms with van der Waals surface area (Å²) >= 11 is 3.30. The van der Waals surface area contributed by atoms with Crippen molar-refractivity contribution in [2.24, 2.45) is 5.92 Å². The van der Waals surface area contributed by atoms with Gasteiger partial charge in [0.05, 0.1) is 16.6 Å². The second kappa shape index (κ2) is 8.12. The standard InChI is InChI=1S/C16H18N2O3S2/c1-10(16(20)21)7-17-15(19)12-3-5-14(6-4-12)23-9-13-8-22-11(2)18-13/h3-6,8,10H,7,9H2,1-2H3,(H,17,19)(H,20,21). The van der Waals surface area contributed by atoms with E-state index in [1.165, 1.54) is 0 Å². The Hall–Kier alpha value is -1.86. The number of nitrogens with one attached hydrogen (secondary N) is 1. The van der Waals surface area contributed by atoms with Gasteiger partial charge in [-0.15, -0.1) is 23.1 Å². The third-order valence-corrected chi connectivity index (χ3v) is 5.03. The Bertz CT molecular complexity index is 683. The molecule has 1 atom stereocenters. The van der Waals surface area contributed by atoms with Crippen molar-refractivity contribution in [1.29, 1.82) is 0 Å². The van der Waals surface area contributed by atoms with Crippen molar-refractivity contribution in [1.82, 2.24) is 10.3 Å². The molecule has 23 heavy (non-hydrogen) atoms. The Morgan fingerprint density at radius 1 is 1.35 bits per heavy atom. The fraction of sp³-hybridized carbons (Fsp3) is 0.312. The number of thiazole rings is 1. The lowest BCUT2D eigenvalue weighted by Gasteiger charge is -2.08. The molecule has 0 spiro atoms. The number of hydrogen-bond acceptors (Lipinski definition) is 5. The predicted octanol–water partition coefficient (Wildman–Crippen LogP) is 3.19. The molecular weight excluding hydrogens is 332 g/mol. The Morgan fingerprint density at radius 2 is 2.04 bits per heavy atom. The van der Waals surface area contributed by atoms with Crippen LogP contribution in [0.1, 0.15) is 28.0 Å². The molecule has 1 amide bonds. The minimum Gasteiger partial charge on any atom is -0.481 e. The molecule has 2 rings (SSSR count). The number of aliphatic carboxylic acids is 1. The molecule has 7 heteroatoms. The van der Waals surface area contributed by atoms with E-state index >= 15 is 0 Å². The van der Waals surface area contributed by atoms with Crippen LogP contribution in [0.25, 0.3) is 0 Å². The molecule has 122 valence electrons. The van der Waals surface area contributed by atoms with Crippen molar-refractivity contribution in [2.75, 3.05) is 6.54 Å². The van der Waals surface area contributed by atoms with E-state index in [0.29, 0.717) is 5.56 Å². The molecule has 0 aliphatic carbocycles. The summed E-state index contributed by atoms with van der Waals surface area (Å²) in [5, 5.41) is 14.5. The number of benzene rings is 1. The van der Waals surface area contributed by atoms with Crippen LogP contribution in [-0.4, -0.2) is 28.5 Å². The van der Waals surface area contributed by atoms with Crippen LogP contribution in [0.15, 0.2) is 34.5 Å². The van der Waals surface area contributed by atoms with E-state index in [2.05, 4.69) is 10.3 Å². The normalized spacial score (nSPS) is 11.9. The van der Waals surface area contributed by atoms with E-state index in [1.54, 1.807) is 42.2 Å². The average Bonchev–Trinajstić information content (AvgIpc) is 2.96. The Kier molecular flexibility index (Phi) is 6.18. The molecule has 0 fully saturated rings. The second-order valence-electron chi connectivity index (χ2n) is 5.12. The first kappa shape index (κ1) is 17.5. The number of carboxylic acids is 1. The van der Waals surface area contributed by atoms with Crippen molar-refractivity contribution in [3.05, 3.63) is 45.9 Å². The van der Waals surface area contributed by atoms with Gasteiger partial charge in [0.1, 0.15) is 0 Å². The first-order chi connectivity index (χ1) is 11.0. The maximum atomic E-state index is 11.9. The maximum absolute atomic E-state index is 11.9. The topological polar surface area (TPSA) is 79.3 Å². The number of amides is 1. The zero-order chi connectivity index (χ0) is 16.8. The Balaban J connectivity index is 1.86. The van der Waals surface area contributed by atoms with Gasteiger partial charge in [-0.2, -0.15) is 0 Å². The van der Waals surface area contributed by atoms with E-state index in [-0.39, 0.29) is 12.5 Å². The van der Waals surface area contributed by atoms with E-state index < -0.39 is 11.9 Å². The summed E-state index contributed by atoms with van der Waals surface area (Å²) in [5.74, 6) is -0.985. The van der Waals surface area contributed by atoms with Crippen molar-refractivity contribution < 1.29 is 14.7 Å². The van der Waals surface area contributed by atoms with Gasteiger partial charge in [-0.05, 0) is 31.2 Å². The van der Waals surface area contributed by atoms with Gasteiger partial charge in [-0.3, -0.25) is 9.59 Å². The Morgan fingerprint density at radius 3 is 2.61 bits per heavy atom. The number of carbonyl (C=O) groups is 2. The average molecular weight is 350 g/mol. The van der Waals surface area contributed by atoms with Gasteiger partial charge in [0.25, 0.3) is 5.91 Å². The van der Waals surface area contributed by atoms with Gasteiger partial charge >= 0.3 is 5.97 Å².